The van der Waals surface area contributed by atoms with Crippen molar-refractivity contribution in [3.05, 3.63) is 95.1 Å². The SMILES string of the molecule is COc1ccc(CN2CC3(COc4ccc5c(c4)OCO5)Cc4cccc5ccc(c3c45)C2=O)cc1. The molecule has 0 bridgehead atoms. The summed E-state index contributed by atoms with van der Waals surface area (Å²) in [6.45, 7) is 1.80. The average Bonchev–Trinajstić information content (AvgIpc) is 3.51. The minimum atomic E-state index is -0.338. The molecule has 2 aliphatic heterocycles. The normalized spacial score (nSPS) is 19.1. The number of carbonyl (C=O) groups excluding carboxylic acids is 1. The molecule has 0 spiro atoms. The summed E-state index contributed by atoms with van der Waals surface area (Å²) in [6.07, 6.45) is 0.827. The van der Waals surface area contributed by atoms with Gasteiger partial charge in [-0.3, -0.25) is 4.79 Å². The van der Waals surface area contributed by atoms with Crippen LogP contribution in [-0.2, 0) is 18.4 Å². The van der Waals surface area contributed by atoms with Gasteiger partial charge in [0.05, 0.1) is 19.1 Å². The molecule has 0 saturated carbocycles. The number of fused-ring (bicyclic) bond motifs is 1. The van der Waals surface area contributed by atoms with Crippen LogP contribution in [0.15, 0.2) is 72.8 Å². The maximum Gasteiger partial charge on any atom is 0.254 e. The van der Waals surface area contributed by atoms with E-state index in [1.54, 1.807) is 7.11 Å². The van der Waals surface area contributed by atoms with Crippen molar-refractivity contribution >= 4 is 16.7 Å². The van der Waals surface area contributed by atoms with Crippen molar-refractivity contribution in [2.24, 2.45) is 0 Å². The molecule has 6 heteroatoms. The van der Waals surface area contributed by atoms with Gasteiger partial charge in [0.2, 0.25) is 6.79 Å². The third-order valence-electron chi connectivity index (χ3n) is 7.59. The molecule has 3 aliphatic rings. The van der Waals surface area contributed by atoms with Crippen molar-refractivity contribution in [3.8, 4) is 23.0 Å². The van der Waals surface area contributed by atoms with E-state index in [4.69, 9.17) is 18.9 Å². The van der Waals surface area contributed by atoms with Gasteiger partial charge in [0.1, 0.15) is 11.5 Å². The van der Waals surface area contributed by atoms with Crippen LogP contribution >= 0.6 is 0 Å². The van der Waals surface area contributed by atoms with Crippen LogP contribution in [0.2, 0.25) is 0 Å². The molecule has 0 radical (unpaired) electrons. The summed E-state index contributed by atoms with van der Waals surface area (Å²) < 4.78 is 22.7. The van der Waals surface area contributed by atoms with Crippen molar-refractivity contribution in [3.63, 3.8) is 0 Å². The molecule has 2 heterocycles. The number of benzene rings is 4. The van der Waals surface area contributed by atoms with E-state index in [1.165, 1.54) is 16.3 Å². The molecule has 4 aromatic rings. The molecule has 1 unspecified atom stereocenters. The fraction of sp³-hybridized carbons (Fsp3) is 0.233. The Bertz CT molecular complexity index is 1510. The lowest BCUT2D eigenvalue weighted by atomic mass is 9.75. The number of carbonyl (C=O) groups is 1. The van der Waals surface area contributed by atoms with Crippen molar-refractivity contribution in [2.75, 3.05) is 27.1 Å². The highest BCUT2D eigenvalue weighted by Crippen LogP contribution is 2.48. The van der Waals surface area contributed by atoms with E-state index in [1.807, 2.05) is 53.4 Å². The first-order chi connectivity index (χ1) is 17.6. The van der Waals surface area contributed by atoms with Gasteiger partial charge in [-0.05, 0) is 64.2 Å². The first kappa shape index (κ1) is 21.1. The zero-order chi connectivity index (χ0) is 24.3. The van der Waals surface area contributed by atoms with Gasteiger partial charge in [-0.1, -0.05) is 36.4 Å². The number of methoxy groups -OCH3 is 1. The van der Waals surface area contributed by atoms with E-state index in [9.17, 15) is 4.79 Å². The summed E-state index contributed by atoms with van der Waals surface area (Å²) in [5, 5.41) is 2.38. The fourth-order valence-electron chi connectivity index (χ4n) is 5.96. The Kier molecular flexibility index (Phi) is 4.64. The number of amides is 1. The number of hydrogen-bond donors (Lipinski definition) is 0. The highest BCUT2D eigenvalue weighted by molar-refractivity contribution is 6.06. The summed E-state index contributed by atoms with van der Waals surface area (Å²) >= 11 is 0. The van der Waals surface area contributed by atoms with Gasteiger partial charge in [-0.15, -0.1) is 0 Å². The highest BCUT2D eigenvalue weighted by atomic mass is 16.7. The van der Waals surface area contributed by atoms with Crippen LogP contribution in [0.25, 0.3) is 10.8 Å². The molecule has 1 amide bonds. The summed E-state index contributed by atoms with van der Waals surface area (Å²) in [5.41, 5.74) is 3.91. The van der Waals surface area contributed by atoms with E-state index in [0.717, 1.165) is 40.4 Å². The predicted molar refractivity (Wildman–Crippen MR) is 135 cm³/mol. The molecule has 1 aliphatic carbocycles. The van der Waals surface area contributed by atoms with Crippen LogP contribution in [0.3, 0.4) is 0 Å². The molecule has 4 aromatic carbocycles. The Hall–Kier alpha value is -4.19. The summed E-state index contributed by atoms with van der Waals surface area (Å²) in [5.74, 6) is 3.03. The van der Waals surface area contributed by atoms with E-state index in [2.05, 4.69) is 24.3 Å². The Morgan fingerprint density at radius 2 is 1.78 bits per heavy atom. The average molecular weight is 480 g/mol. The lowest BCUT2D eigenvalue weighted by Gasteiger charge is -2.41. The topological polar surface area (TPSA) is 57.2 Å². The second-order valence-electron chi connectivity index (χ2n) is 9.77. The molecule has 6 nitrogen and oxygen atoms in total. The second kappa shape index (κ2) is 7.92. The van der Waals surface area contributed by atoms with Crippen molar-refractivity contribution in [1.82, 2.24) is 4.90 Å². The van der Waals surface area contributed by atoms with Gasteiger partial charge in [0, 0.05) is 24.7 Å². The molecule has 0 aromatic heterocycles. The van der Waals surface area contributed by atoms with Gasteiger partial charge < -0.3 is 23.8 Å². The maximum absolute atomic E-state index is 13.7. The summed E-state index contributed by atoms with van der Waals surface area (Å²) in [7, 11) is 1.66. The molecule has 0 N–H and O–H groups in total. The van der Waals surface area contributed by atoms with Crippen molar-refractivity contribution in [2.45, 2.75) is 18.4 Å². The van der Waals surface area contributed by atoms with E-state index in [0.29, 0.717) is 25.4 Å². The first-order valence-corrected chi connectivity index (χ1v) is 12.1. The van der Waals surface area contributed by atoms with E-state index in [-0.39, 0.29) is 18.1 Å². The van der Waals surface area contributed by atoms with E-state index >= 15 is 0 Å². The third kappa shape index (κ3) is 3.21. The number of hydrogen-bond acceptors (Lipinski definition) is 5. The summed E-state index contributed by atoms with van der Waals surface area (Å²) in [4.78, 5) is 15.7. The molecule has 1 atom stereocenters. The van der Waals surface area contributed by atoms with Crippen LogP contribution in [0.1, 0.15) is 27.0 Å². The van der Waals surface area contributed by atoms with Crippen LogP contribution in [0, 0.1) is 0 Å². The smallest absolute Gasteiger partial charge is 0.254 e. The number of rotatable bonds is 6. The number of ether oxygens (including phenoxy) is 4. The zero-order valence-electron chi connectivity index (χ0n) is 20.0. The molecule has 180 valence electrons. The monoisotopic (exact) mass is 479 g/mol. The first-order valence-electron chi connectivity index (χ1n) is 12.1. The van der Waals surface area contributed by atoms with Crippen molar-refractivity contribution in [1.29, 1.82) is 0 Å². The quantitative estimate of drug-likeness (QED) is 0.385. The Morgan fingerprint density at radius 3 is 2.64 bits per heavy atom. The number of nitrogens with zero attached hydrogens (tertiary/aromatic N) is 1. The molecular formula is C30H25NO5. The molecule has 36 heavy (non-hydrogen) atoms. The van der Waals surface area contributed by atoms with Gasteiger partial charge in [0.25, 0.3) is 5.91 Å². The maximum atomic E-state index is 13.7. The Labute approximate surface area is 209 Å². The zero-order valence-corrected chi connectivity index (χ0v) is 20.0. The van der Waals surface area contributed by atoms with Gasteiger partial charge in [-0.2, -0.15) is 0 Å². The van der Waals surface area contributed by atoms with Crippen LogP contribution in [0.4, 0.5) is 0 Å². The largest absolute Gasteiger partial charge is 0.497 e. The Balaban J connectivity index is 1.27. The lowest BCUT2D eigenvalue weighted by molar-refractivity contribution is 0.0611. The minimum absolute atomic E-state index is 0.0677. The van der Waals surface area contributed by atoms with E-state index < -0.39 is 0 Å². The molecule has 7 rings (SSSR count). The molecule has 0 fully saturated rings. The minimum Gasteiger partial charge on any atom is -0.497 e. The summed E-state index contributed by atoms with van der Waals surface area (Å²) in [6, 6.07) is 24.1. The van der Waals surface area contributed by atoms with Crippen LogP contribution in [-0.4, -0.2) is 37.9 Å². The van der Waals surface area contributed by atoms with Gasteiger partial charge >= 0.3 is 0 Å². The third-order valence-corrected chi connectivity index (χ3v) is 7.59. The fourth-order valence-corrected chi connectivity index (χ4v) is 5.96. The van der Waals surface area contributed by atoms with Gasteiger partial charge in [0.15, 0.2) is 11.5 Å². The lowest BCUT2D eigenvalue weighted by Crippen LogP contribution is -2.51. The molecule has 0 saturated heterocycles. The second-order valence-corrected chi connectivity index (χ2v) is 9.77. The van der Waals surface area contributed by atoms with Crippen LogP contribution in [0.5, 0.6) is 23.0 Å². The highest BCUT2D eigenvalue weighted by Gasteiger charge is 2.48. The Morgan fingerprint density at radius 1 is 0.944 bits per heavy atom. The van der Waals surface area contributed by atoms with Crippen LogP contribution < -0.4 is 18.9 Å². The predicted octanol–water partition coefficient (Wildman–Crippen LogP) is 5.11. The standard InChI is InChI=1S/C30H25NO5/c1-33-22-8-5-19(6-9-22)15-31-16-30(17-34-23-10-12-25-26(13-23)36-18-35-25)14-21-4-2-3-20-7-11-24(29(31)32)28(30)27(20)21/h2-13H,14-18H2,1H3. The van der Waals surface area contributed by atoms with Gasteiger partial charge in [-0.25, -0.2) is 0 Å². The van der Waals surface area contributed by atoms with Crippen molar-refractivity contribution < 1.29 is 23.7 Å². The molecular weight excluding hydrogens is 454 g/mol.